The van der Waals surface area contributed by atoms with Gasteiger partial charge < -0.3 is 4.74 Å². The second-order valence-electron chi connectivity index (χ2n) is 4.31. The third kappa shape index (κ3) is 3.94. The van der Waals surface area contributed by atoms with Gasteiger partial charge in [0.15, 0.2) is 11.7 Å². The van der Waals surface area contributed by atoms with Gasteiger partial charge in [-0.05, 0) is 29.6 Å². The zero-order chi connectivity index (χ0) is 15.4. The number of aromatic nitrogens is 1. The number of hydrogen-bond donors (Lipinski definition) is 1. The van der Waals surface area contributed by atoms with Crippen LogP contribution in [0.5, 0.6) is 5.75 Å². The number of ether oxygens (including phenoxy) is 1. The summed E-state index contributed by atoms with van der Waals surface area (Å²) in [5.41, 5.74) is 0.878. The Kier molecular flexibility index (Phi) is 4.87. The molecule has 0 spiro atoms. The first-order chi connectivity index (χ1) is 10.7. The quantitative estimate of drug-likeness (QED) is 0.684. The second kappa shape index (κ2) is 7.04. The van der Waals surface area contributed by atoms with E-state index in [9.17, 15) is 4.79 Å². The molecule has 2 aromatic heterocycles. The lowest BCUT2D eigenvalue weighted by atomic mass is 10.3. The van der Waals surface area contributed by atoms with Gasteiger partial charge in [0.05, 0.1) is 10.6 Å². The number of nitrogens with zero attached hydrogens (tertiary/aromatic N) is 1. The van der Waals surface area contributed by atoms with Crippen molar-refractivity contribution in [1.29, 1.82) is 0 Å². The molecule has 1 N–H and O–H groups in total. The molecular weight excluding hydrogens is 384 g/mol. The highest BCUT2D eigenvalue weighted by molar-refractivity contribution is 9.10. The molecule has 0 saturated heterocycles. The minimum atomic E-state index is -0.230. The molecule has 0 fully saturated rings. The summed E-state index contributed by atoms with van der Waals surface area (Å²) in [4.78, 5) is 17.4. The lowest BCUT2D eigenvalue weighted by Crippen LogP contribution is -2.20. The Morgan fingerprint density at radius 3 is 2.95 bits per heavy atom. The third-order valence-corrected chi connectivity index (χ3v) is 4.83. The van der Waals surface area contributed by atoms with Crippen LogP contribution in [-0.4, -0.2) is 17.5 Å². The highest BCUT2D eigenvalue weighted by atomic mass is 79.9. The smallest absolute Gasteiger partial charge is 0.264 e. The van der Waals surface area contributed by atoms with Gasteiger partial charge in [0.2, 0.25) is 0 Å². The fourth-order valence-electron chi connectivity index (χ4n) is 1.73. The molecule has 2 heterocycles. The molecule has 3 aromatic rings. The minimum Gasteiger partial charge on any atom is -0.484 e. The van der Waals surface area contributed by atoms with Gasteiger partial charge in [-0.2, -0.15) is 0 Å². The van der Waals surface area contributed by atoms with Crippen LogP contribution in [0.15, 0.2) is 51.6 Å². The Morgan fingerprint density at radius 2 is 2.18 bits per heavy atom. The normalized spacial score (nSPS) is 10.4. The van der Waals surface area contributed by atoms with E-state index >= 15 is 0 Å². The molecule has 1 amide bonds. The molecule has 1 aromatic carbocycles. The predicted molar refractivity (Wildman–Crippen MR) is 93.7 cm³/mol. The monoisotopic (exact) mass is 394 g/mol. The van der Waals surface area contributed by atoms with E-state index in [0.717, 1.165) is 15.0 Å². The van der Waals surface area contributed by atoms with Gasteiger partial charge in [-0.3, -0.25) is 10.1 Å². The van der Waals surface area contributed by atoms with E-state index in [0.29, 0.717) is 10.9 Å². The summed E-state index contributed by atoms with van der Waals surface area (Å²) < 4.78 is 6.35. The number of carbonyl (C=O) groups is 1. The predicted octanol–water partition coefficient (Wildman–Crippen LogP) is 4.65. The highest BCUT2D eigenvalue weighted by Crippen LogP contribution is 2.28. The van der Waals surface area contributed by atoms with Crippen LogP contribution in [0, 0.1) is 0 Å². The van der Waals surface area contributed by atoms with Crippen LogP contribution in [0.2, 0.25) is 0 Å². The van der Waals surface area contributed by atoms with Crippen molar-refractivity contribution in [1.82, 2.24) is 4.98 Å². The average molecular weight is 395 g/mol. The molecule has 0 aliphatic rings. The van der Waals surface area contributed by atoms with Crippen LogP contribution in [0.3, 0.4) is 0 Å². The van der Waals surface area contributed by atoms with Crippen molar-refractivity contribution in [2.24, 2.45) is 0 Å². The van der Waals surface area contributed by atoms with E-state index in [1.54, 1.807) is 17.4 Å². The molecule has 7 heteroatoms. The number of nitrogens with one attached hydrogen (secondary N) is 1. The summed E-state index contributed by atoms with van der Waals surface area (Å²) in [6, 6.07) is 11.3. The molecule has 3 rings (SSSR count). The van der Waals surface area contributed by atoms with Crippen LogP contribution < -0.4 is 10.1 Å². The highest BCUT2D eigenvalue weighted by Gasteiger charge is 2.09. The molecule has 0 atom stereocenters. The number of halogens is 1. The maximum atomic E-state index is 11.9. The Balaban J connectivity index is 1.56. The topological polar surface area (TPSA) is 51.2 Å². The largest absolute Gasteiger partial charge is 0.484 e. The number of hydrogen-bond acceptors (Lipinski definition) is 5. The van der Waals surface area contributed by atoms with Gasteiger partial charge in [-0.1, -0.05) is 28.1 Å². The standard InChI is InChI=1S/C15H11BrN2O2S2/c16-10-3-1-4-11(7-10)20-8-14(19)18-15-17-12(9-22-15)13-5-2-6-21-13/h1-7,9H,8H2,(H,17,18,19). The van der Waals surface area contributed by atoms with E-state index in [4.69, 9.17) is 4.74 Å². The van der Waals surface area contributed by atoms with Crippen molar-refractivity contribution in [3.05, 3.63) is 51.6 Å². The number of thiophene rings is 1. The summed E-state index contributed by atoms with van der Waals surface area (Å²) in [6.45, 7) is -0.0512. The fraction of sp³-hybridized carbons (Fsp3) is 0.0667. The van der Waals surface area contributed by atoms with Crippen molar-refractivity contribution >= 4 is 49.6 Å². The third-order valence-electron chi connectivity index (χ3n) is 2.69. The molecule has 0 unspecified atom stereocenters. The Labute approximate surface area is 143 Å². The summed E-state index contributed by atoms with van der Waals surface area (Å²) in [5.74, 6) is 0.412. The number of benzene rings is 1. The number of anilines is 1. The first-order valence-corrected chi connectivity index (χ1v) is 8.93. The first kappa shape index (κ1) is 15.2. The zero-order valence-corrected chi connectivity index (χ0v) is 14.5. The molecular formula is C15H11BrN2O2S2. The molecule has 0 saturated carbocycles. The number of thiazole rings is 1. The SMILES string of the molecule is O=C(COc1cccc(Br)c1)Nc1nc(-c2cccs2)cs1. The molecule has 0 aliphatic carbocycles. The van der Waals surface area contributed by atoms with Crippen molar-refractivity contribution < 1.29 is 9.53 Å². The van der Waals surface area contributed by atoms with Crippen LogP contribution in [0.1, 0.15) is 0 Å². The van der Waals surface area contributed by atoms with Crippen molar-refractivity contribution in [3.8, 4) is 16.3 Å². The molecule has 0 bridgehead atoms. The van der Waals surface area contributed by atoms with Crippen LogP contribution in [-0.2, 0) is 4.79 Å². The Bertz CT molecular complexity index is 771. The molecule has 112 valence electrons. The van der Waals surface area contributed by atoms with E-state index in [-0.39, 0.29) is 12.5 Å². The van der Waals surface area contributed by atoms with Crippen molar-refractivity contribution in [2.75, 3.05) is 11.9 Å². The summed E-state index contributed by atoms with van der Waals surface area (Å²) >= 11 is 6.38. The van der Waals surface area contributed by atoms with Gasteiger partial charge in [0, 0.05) is 9.85 Å². The van der Waals surface area contributed by atoms with Crippen LogP contribution in [0.4, 0.5) is 5.13 Å². The number of rotatable bonds is 5. The van der Waals surface area contributed by atoms with Gasteiger partial charge >= 0.3 is 0 Å². The average Bonchev–Trinajstić information content (AvgIpc) is 3.16. The molecule has 4 nitrogen and oxygen atoms in total. The van der Waals surface area contributed by atoms with Gasteiger partial charge in [-0.25, -0.2) is 4.98 Å². The molecule has 22 heavy (non-hydrogen) atoms. The Morgan fingerprint density at radius 1 is 1.27 bits per heavy atom. The van der Waals surface area contributed by atoms with Gasteiger partial charge in [0.25, 0.3) is 5.91 Å². The zero-order valence-electron chi connectivity index (χ0n) is 11.3. The molecule has 0 aliphatic heterocycles. The fourth-order valence-corrected chi connectivity index (χ4v) is 3.60. The second-order valence-corrected chi connectivity index (χ2v) is 7.03. The molecule has 0 radical (unpaired) electrons. The first-order valence-electron chi connectivity index (χ1n) is 6.38. The lowest BCUT2D eigenvalue weighted by molar-refractivity contribution is -0.118. The van der Waals surface area contributed by atoms with E-state index < -0.39 is 0 Å². The van der Waals surface area contributed by atoms with Crippen molar-refractivity contribution in [2.45, 2.75) is 0 Å². The van der Waals surface area contributed by atoms with Crippen LogP contribution >= 0.6 is 38.6 Å². The van der Waals surface area contributed by atoms with Gasteiger partial charge in [0.1, 0.15) is 5.75 Å². The number of amides is 1. The summed E-state index contributed by atoms with van der Waals surface area (Å²) in [5, 5.41) is 7.25. The Hall–Kier alpha value is -1.70. The maximum absolute atomic E-state index is 11.9. The van der Waals surface area contributed by atoms with E-state index in [1.165, 1.54) is 11.3 Å². The minimum absolute atomic E-state index is 0.0512. The van der Waals surface area contributed by atoms with E-state index in [1.807, 2.05) is 41.1 Å². The van der Waals surface area contributed by atoms with Crippen LogP contribution in [0.25, 0.3) is 10.6 Å². The summed E-state index contributed by atoms with van der Waals surface area (Å²) in [6.07, 6.45) is 0. The van der Waals surface area contributed by atoms with Crippen molar-refractivity contribution in [3.63, 3.8) is 0 Å². The maximum Gasteiger partial charge on any atom is 0.264 e. The number of carbonyl (C=O) groups excluding carboxylic acids is 1. The lowest BCUT2D eigenvalue weighted by Gasteiger charge is -2.05. The summed E-state index contributed by atoms with van der Waals surface area (Å²) in [7, 11) is 0. The van der Waals surface area contributed by atoms with Gasteiger partial charge in [-0.15, -0.1) is 22.7 Å². The van der Waals surface area contributed by atoms with E-state index in [2.05, 4.69) is 26.2 Å².